The molecule has 2 N–H and O–H groups in total. The van der Waals surface area contributed by atoms with Crippen LogP contribution in [0.4, 0.5) is 5.13 Å². The zero-order valence-electron chi connectivity index (χ0n) is 12.8. The number of rotatable bonds is 3. The lowest BCUT2D eigenvalue weighted by Gasteiger charge is -2.23. The van der Waals surface area contributed by atoms with Crippen LogP contribution in [0, 0.1) is 11.8 Å². The van der Waals surface area contributed by atoms with E-state index in [0.717, 1.165) is 18.5 Å². The molecule has 2 bridgehead atoms. The van der Waals surface area contributed by atoms with E-state index in [2.05, 4.69) is 31.1 Å². The Hall–Kier alpha value is -1.47. The Morgan fingerprint density at radius 1 is 1.32 bits per heavy atom. The molecule has 0 unspecified atom stereocenters. The Balaban J connectivity index is 1.74. The highest BCUT2D eigenvalue weighted by Crippen LogP contribution is 2.44. The normalized spacial score (nSPS) is 30.5. The number of anilines is 1. The molecule has 22 heavy (non-hydrogen) atoms. The van der Waals surface area contributed by atoms with Crippen LogP contribution in [-0.4, -0.2) is 34.2 Å². The number of aliphatic carboxylic acids is 1. The summed E-state index contributed by atoms with van der Waals surface area (Å²) in [6.45, 7) is 6.16. The maximum absolute atomic E-state index is 12.5. The van der Waals surface area contributed by atoms with Crippen LogP contribution in [0.5, 0.6) is 0 Å². The number of thiazole rings is 1. The molecule has 2 aliphatic heterocycles. The van der Waals surface area contributed by atoms with Crippen molar-refractivity contribution < 1.29 is 19.4 Å². The number of amides is 1. The summed E-state index contributed by atoms with van der Waals surface area (Å²) in [6.07, 6.45) is 0.849. The standard InChI is InChI=1S/C15H20N2O4S/c1-15(2,3)9-6-22-14(16-9)17-12(18)10-7-4-5-8(21-7)11(10)13(19)20/h6-8,10-11H,4-5H2,1-3H3,(H,19,20)(H,16,17,18)/t7-,8-,10-,11-/m1/s1. The van der Waals surface area contributed by atoms with Crippen molar-refractivity contribution in [3.05, 3.63) is 11.1 Å². The third kappa shape index (κ3) is 2.63. The van der Waals surface area contributed by atoms with Crippen LogP contribution in [0.2, 0.25) is 0 Å². The number of fused-ring (bicyclic) bond motifs is 2. The van der Waals surface area contributed by atoms with Gasteiger partial charge in [0.05, 0.1) is 29.7 Å². The van der Waals surface area contributed by atoms with E-state index in [1.54, 1.807) is 0 Å². The monoisotopic (exact) mass is 324 g/mol. The number of hydrogen-bond donors (Lipinski definition) is 2. The average Bonchev–Trinajstić information content (AvgIpc) is 3.11. The summed E-state index contributed by atoms with van der Waals surface area (Å²) in [5.41, 5.74) is 0.824. The van der Waals surface area contributed by atoms with Crippen molar-refractivity contribution in [1.29, 1.82) is 0 Å². The molecular weight excluding hydrogens is 304 g/mol. The summed E-state index contributed by atoms with van der Waals surface area (Å²) in [7, 11) is 0. The molecule has 1 aromatic rings. The smallest absolute Gasteiger partial charge is 0.310 e. The van der Waals surface area contributed by atoms with Crippen molar-refractivity contribution in [3.63, 3.8) is 0 Å². The lowest BCUT2D eigenvalue weighted by atomic mass is 9.79. The van der Waals surface area contributed by atoms with Gasteiger partial charge < -0.3 is 15.2 Å². The minimum absolute atomic E-state index is 0.0847. The fourth-order valence-corrected chi connectivity index (χ4v) is 4.13. The topological polar surface area (TPSA) is 88.5 Å². The molecule has 0 saturated carbocycles. The summed E-state index contributed by atoms with van der Waals surface area (Å²) >= 11 is 1.36. The highest BCUT2D eigenvalue weighted by molar-refractivity contribution is 7.13. The van der Waals surface area contributed by atoms with Gasteiger partial charge in [-0.25, -0.2) is 4.98 Å². The van der Waals surface area contributed by atoms with Gasteiger partial charge in [-0.2, -0.15) is 0 Å². The fraction of sp³-hybridized carbons (Fsp3) is 0.667. The molecular formula is C15H20N2O4S. The van der Waals surface area contributed by atoms with Crippen molar-refractivity contribution in [3.8, 4) is 0 Å². The zero-order valence-corrected chi connectivity index (χ0v) is 13.6. The minimum atomic E-state index is -0.957. The van der Waals surface area contributed by atoms with Crippen LogP contribution in [-0.2, 0) is 19.7 Å². The second kappa shape index (κ2) is 5.31. The van der Waals surface area contributed by atoms with Gasteiger partial charge >= 0.3 is 5.97 Å². The van der Waals surface area contributed by atoms with Crippen LogP contribution in [0.1, 0.15) is 39.3 Å². The van der Waals surface area contributed by atoms with Crippen molar-refractivity contribution in [2.24, 2.45) is 11.8 Å². The second-order valence-corrected chi connectivity index (χ2v) is 7.82. The molecule has 0 spiro atoms. The van der Waals surface area contributed by atoms with Crippen LogP contribution in [0.15, 0.2) is 5.38 Å². The van der Waals surface area contributed by atoms with E-state index in [1.165, 1.54) is 11.3 Å². The Bertz CT molecular complexity index is 607. The lowest BCUT2D eigenvalue weighted by Crippen LogP contribution is -2.40. The molecule has 4 atom stereocenters. The highest BCUT2D eigenvalue weighted by atomic mass is 32.1. The van der Waals surface area contributed by atoms with Gasteiger partial charge in [-0.3, -0.25) is 9.59 Å². The molecule has 120 valence electrons. The summed E-state index contributed by atoms with van der Waals surface area (Å²) in [6, 6.07) is 0. The number of aromatic nitrogens is 1. The molecule has 0 aromatic carbocycles. The van der Waals surface area contributed by atoms with Gasteiger partial charge in [0.2, 0.25) is 5.91 Å². The van der Waals surface area contributed by atoms with Gasteiger partial charge in [0, 0.05) is 10.8 Å². The third-order valence-electron chi connectivity index (χ3n) is 4.36. The number of carboxylic acid groups (broad SMARTS) is 1. The number of ether oxygens (including phenoxy) is 1. The first-order valence-corrected chi connectivity index (χ1v) is 8.30. The molecule has 0 aliphatic carbocycles. The highest BCUT2D eigenvalue weighted by Gasteiger charge is 2.55. The summed E-state index contributed by atoms with van der Waals surface area (Å²) < 4.78 is 5.62. The van der Waals surface area contributed by atoms with Gasteiger partial charge in [-0.15, -0.1) is 11.3 Å². The summed E-state index contributed by atoms with van der Waals surface area (Å²) in [5.74, 6) is -2.63. The minimum Gasteiger partial charge on any atom is -0.481 e. The van der Waals surface area contributed by atoms with Crippen molar-refractivity contribution in [2.45, 2.75) is 51.2 Å². The van der Waals surface area contributed by atoms with Crippen LogP contribution in [0.3, 0.4) is 0 Å². The van der Waals surface area contributed by atoms with Gasteiger partial charge in [-0.05, 0) is 12.8 Å². The molecule has 1 amide bonds. The first-order chi connectivity index (χ1) is 10.3. The van der Waals surface area contributed by atoms with Crippen LogP contribution >= 0.6 is 11.3 Å². The van der Waals surface area contributed by atoms with Gasteiger partial charge in [0.15, 0.2) is 5.13 Å². The number of nitrogens with one attached hydrogen (secondary N) is 1. The summed E-state index contributed by atoms with van der Waals surface area (Å²) in [4.78, 5) is 28.3. The van der Waals surface area contributed by atoms with Gasteiger partial charge in [0.1, 0.15) is 0 Å². The predicted octanol–water partition coefficient (Wildman–Crippen LogP) is 2.26. The molecule has 3 rings (SSSR count). The number of hydrogen-bond acceptors (Lipinski definition) is 5. The lowest BCUT2D eigenvalue weighted by molar-refractivity contribution is -0.147. The van der Waals surface area contributed by atoms with E-state index in [-0.39, 0.29) is 23.5 Å². The fourth-order valence-electron chi connectivity index (χ4n) is 3.19. The van der Waals surface area contributed by atoms with Crippen LogP contribution < -0.4 is 5.32 Å². The number of carboxylic acids is 1. The maximum Gasteiger partial charge on any atom is 0.310 e. The van der Waals surface area contributed by atoms with E-state index in [9.17, 15) is 14.7 Å². The van der Waals surface area contributed by atoms with E-state index in [4.69, 9.17) is 4.74 Å². The molecule has 2 fully saturated rings. The molecule has 1 aromatic heterocycles. The summed E-state index contributed by atoms with van der Waals surface area (Å²) in [5, 5.41) is 14.6. The van der Waals surface area contributed by atoms with Crippen molar-refractivity contribution in [2.75, 3.05) is 5.32 Å². The first kappa shape index (κ1) is 15.4. The van der Waals surface area contributed by atoms with Crippen molar-refractivity contribution in [1.82, 2.24) is 4.98 Å². The second-order valence-electron chi connectivity index (χ2n) is 6.96. The van der Waals surface area contributed by atoms with Crippen LogP contribution in [0.25, 0.3) is 0 Å². The Labute approximate surface area is 132 Å². The van der Waals surface area contributed by atoms with E-state index in [1.807, 2.05) is 5.38 Å². The average molecular weight is 324 g/mol. The first-order valence-electron chi connectivity index (χ1n) is 7.42. The quantitative estimate of drug-likeness (QED) is 0.890. The maximum atomic E-state index is 12.5. The Kier molecular flexibility index (Phi) is 3.72. The predicted molar refractivity (Wildman–Crippen MR) is 82.0 cm³/mol. The largest absolute Gasteiger partial charge is 0.481 e. The molecule has 2 saturated heterocycles. The van der Waals surface area contributed by atoms with Gasteiger partial charge in [0.25, 0.3) is 0 Å². The number of carbonyl (C=O) groups excluding carboxylic acids is 1. The SMILES string of the molecule is CC(C)(C)c1csc(NC(=O)[C@H]2[C@H](C(=O)O)[C@H]3CC[C@H]2O3)n1. The Morgan fingerprint density at radius 2 is 1.95 bits per heavy atom. The number of carbonyl (C=O) groups is 2. The molecule has 7 heteroatoms. The van der Waals surface area contributed by atoms with E-state index < -0.39 is 17.8 Å². The Morgan fingerprint density at radius 3 is 2.50 bits per heavy atom. The zero-order chi connectivity index (χ0) is 16.1. The molecule has 0 radical (unpaired) electrons. The van der Waals surface area contributed by atoms with E-state index in [0.29, 0.717) is 5.13 Å². The number of nitrogens with zero attached hydrogens (tertiary/aromatic N) is 1. The van der Waals surface area contributed by atoms with Gasteiger partial charge in [-0.1, -0.05) is 20.8 Å². The molecule has 2 aliphatic rings. The third-order valence-corrected chi connectivity index (χ3v) is 5.12. The van der Waals surface area contributed by atoms with Crippen molar-refractivity contribution >= 4 is 28.3 Å². The molecule has 6 nitrogen and oxygen atoms in total. The molecule has 3 heterocycles. The van der Waals surface area contributed by atoms with E-state index >= 15 is 0 Å².